The summed E-state index contributed by atoms with van der Waals surface area (Å²) in [6.07, 6.45) is 15.6. The third-order valence-electron chi connectivity index (χ3n) is 6.65. The zero-order valence-electron chi connectivity index (χ0n) is 24.7. The van der Waals surface area contributed by atoms with E-state index in [9.17, 15) is 25.2 Å². The van der Waals surface area contributed by atoms with Crippen molar-refractivity contribution in [2.45, 2.75) is 80.1 Å². The predicted molar refractivity (Wildman–Crippen MR) is 165 cm³/mol. The van der Waals surface area contributed by atoms with Crippen LogP contribution in [-0.2, 0) is 12.8 Å². The van der Waals surface area contributed by atoms with E-state index < -0.39 is 5.78 Å². The summed E-state index contributed by atoms with van der Waals surface area (Å²) in [6, 6.07) is 5.93. The molecule has 5 nitrogen and oxygen atoms in total. The lowest BCUT2D eigenvalue weighted by atomic mass is 9.99. The van der Waals surface area contributed by atoms with E-state index in [1.807, 2.05) is 26.0 Å². The van der Waals surface area contributed by atoms with Gasteiger partial charge in [0.1, 0.15) is 11.5 Å². The molecule has 0 aliphatic rings. The minimum Gasteiger partial charge on any atom is -0.508 e. The van der Waals surface area contributed by atoms with Gasteiger partial charge < -0.3 is 20.4 Å². The minimum absolute atomic E-state index is 0.0660. The predicted octanol–water partition coefficient (Wildman–Crippen LogP) is 8.88. The van der Waals surface area contributed by atoms with Gasteiger partial charge in [-0.05, 0) is 116 Å². The number of carbonyl (C=O) groups is 1. The van der Waals surface area contributed by atoms with E-state index in [2.05, 4.69) is 39.8 Å². The molecule has 0 saturated carbocycles. The molecule has 0 heterocycles. The number of ketones is 1. The standard InChI is InChI=1S/C35H44O5/c1-23(2)9-7-11-25(5)13-16-28-21-27(22-33(38)34(28)39)15-19-31(36)30-18-20-32(37)29(35(30)40)17-14-26(6)12-8-10-24(3)4/h9-10,13-15,18-22,37-40H,7-8,11-12,16-17H2,1-6H3/b19-15+,25-13+,26-14+. The largest absolute Gasteiger partial charge is 0.508 e. The van der Waals surface area contributed by atoms with Crippen molar-refractivity contribution < 1.29 is 25.2 Å². The molecule has 2 aromatic rings. The first-order valence-corrected chi connectivity index (χ1v) is 13.8. The molecule has 214 valence electrons. The zero-order chi connectivity index (χ0) is 29.8. The number of benzene rings is 2. The molecule has 0 aliphatic heterocycles. The molecule has 0 aromatic heterocycles. The maximum atomic E-state index is 13.0. The monoisotopic (exact) mass is 544 g/mol. The first-order chi connectivity index (χ1) is 18.9. The summed E-state index contributed by atoms with van der Waals surface area (Å²) in [5.41, 5.74) is 6.34. The van der Waals surface area contributed by atoms with Gasteiger partial charge >= 0.3 is 0 Å². The van der Waals surface area contributed by atoms with Gasteiger partial charge in [-0.15, -0.1) is 0 Å². The van der Waals surface area contributed by atoms with E-state index in [1.54, 1.807) is 6.07 Å². The summed E-state index contributed by atoms with van der Waals surface area (Å²) < 4.78 is 0. The Morgan fingerprint density at radius 1 is 0.700 bits per heavy atom. The van der Waals surface area contributed by atoms with Crippen LogP contribution in [0.25, 0.3) is 6.08 Å². The Balaban J connectivity index is 2.20. The SMILES string of the molecule is CC(C)=CCC/C(C)=C/Cc1cc(/C=C/C(=O)c2ccc(O)c(C/C=C(\C)CCC=C(C)C)c2O)cc(O)c1O. The second-order valence-corrected chi connectivity index (χ2v) is 10.9. The highest BCUT2D eigenvalue weighted by atomic mass is 16.3. The van der Waals surface area contributed by atoms with Crippen LogP contribution in [0, 0.1) is 0 Å². The van der Waals surface area contributed by atoms with Crippen LogP contribution in [0.2, 0.25) is 0 Å². The van der Waals surface area contributed by atoms with Gasteiger partial charge in [0, 0.05) is 11.1 Å². The van der Waals surface area contributed by atoms with E-state index in [-0.39, 0.29) is 28.6 Å². The Morgan fingerprint density at radius 3 is 1.85 bits per heavy atom. The Hall–Kier alpha value is -3.99. The van der Waals surface area contributed by atoms with E-state index in [1.165, 1.54) is 47.1 Å². The highest BCUT2D eigenvalue weighted by Crippen LogP contribution is 2.34. The highest BCUT2D eigenvalue weighted by Gasteiger charge is 2.16. The van der Waals surface area contributed by atoms with Crippen LogP contribution in [0.4, 0.5) is 0 Å². The van der Waals surface area contributed by atoms with Crippen molar-refractivity contribution in [3.8, 4) is 23.0 Å². The van der Waals surface area contributed by atoms with Crippen molar-refractivity contribution in [2.24, 2.45) is 0 Å². The first-order valence-electron chi connectivity index (χ1n) is 13.8. The lowest BCUT2D eigenvalue weighted by Gasteiger charge is -2.10. The van der Waals surface area contributed by atoms with Crippen molar-refractivity contribution in [1.29, 1.82) is 0 Å². The number of aromatic hydroxyl groups is 4. The fourth-order valence-electron chi connectivity index (χ4n) is 4.18. The van der Waals surface area contributed by atoms with Crippen molar-refractivity contribution in [3.63, 3.8) is 0 Å². The lowest BCUT2D eigenvalue weighted by molar-refractivity contribution is 0.104. The molecule has 5 heteroatoms. The Labute approximate surface area is 239 Å². The lowest BCUT2D eigenvalue weighted by Crippen LogP contribution is -1.98. The smallest absolute Gasteiger partial charge is 0.189 e. The molecule has 0 atom stereocenters. The Kier molecular flexibility index (Phi) is 12.5. The third kappa shape index (κ3) is 10.3. The minimum atomic E-state index is -0.438. The molecule has 0 saturated heterocycles. The highest BCUT2D eigenvalue weighted by molar-refractivity contribution is 6.09. The van der Waals surface area contributed by atoms with Crippen LogP contribution >= 0.6 is 0 Å². The van der Waals surface area contributed by atoms with Crippen LogP contribution in [0.5, 0.6) is 23.0 Å². The van der Waals surface area contributed by atoms with Gasteiger partial charge in [0.25, 0.3) is 0 Å². The maximum Gasteiger partial charge on any atom is 0.189 e. The molecule has 0 bridgehead atoms. The number of rotatable bonds is 13. The fraction of sp³-hybridized carbons (Fsp3) is 0.343. The molecule has 4 N–H and O–H groups in total. The molecule has 0 unspecified atom stereocenters. The van der Waals surface area contributed by atoms with Crippen molar-refractivity contribution >= 4 is 11.9 Å². The second kappa shape index (κ2) is 15.6. The average Bonchev–Trinajstić information content (AvgIpc) is 2.87. The molecule has 0 aliphatic carbocycles. The van der Waals surface area contributed by atoms with Crippen molar-refractivity contribution in [1.82, 2.24) is 0 Å². The number of allylic oxidation sites excluding steroid dienone is 9. The van der Waals surface area contributed by atoms with Crippen LogP contribution in [0.3, 0.4) is 0 Å². The molecule has 0 radical (unpaired) electrons. The average molecular weight is 545 g/mol. The van der Waals surface area contributed by atoms with E-state index in [0.717, 1.165) is 31.3 Å². The second-order valence-electron chi connectivity index (χ2n) is 10.9. The number of hydrogen-bond acceptors (Lipinski definition) is 5. The Morgan fingerprint density at radius 2 is 1.27 bits per heavy atom. The Bertz CT molecular complexity index is 1340. The van der Waals surface area contributed by atoms with E-state index >= 15 is 0 Å². The van der Waals surface area contributed by atoms with Crippen LogP contribution in [0.1, 0.15) is 94.3 Å². The van der Waals surface area contributed by atoms with Gasteiger partial charge in [-0.3, -0.25) is 4.79 Å². The zero-order valence-corrected chi connectivity index (χ0v) is 24.7. The van der Waals surface area contributed by atoms with Gasteiger partial charge in [-0.1, -0.05) is 52.7 Å². The summed E-state index contributed by atoms with van der Waals surface area (Å²) >= 11 is 0. The molecule has 2 aromatic carbocycles. The fourth-order valence-corrected chi connectivity index (χ4v) is 4.18. The molecule has 2 rings (SSSR count). The van der Waals surface area contributed by atoms with Gasteiger partial charge in [0.2, 0.25) is 0 Å². The van der Waals surface area contributed by atoms with Gasteiger partial charge in [-0.25, -0.2) is 0 Å². The third-order valence-corrected chi connectivity index (χ3v) is 6.65. The molecule has 0 fully saturated rings. The van der Waals surface area contributed by atoms with Crippen molar-refractivity contribution in [3.05, 3.63) is 99.2 Å². The summed E-state index contributed by atoms with van der Waals surface area (Å²) in [4.78, 5) is 13.0. The van der Waals surface area contributed by atoms with E-state index in [0.29, 0.717) is 29.5 Å². The van der Waals surface area contributed by atoms with Crippen LogP contribution in [0.15, 0.2) is 76.9 Å². The number of carbonyl (C=O) groups excluding carboxylic acids is 1. The van der Waals surface area contributed by atoms with Crippen LogP contribution < -0.4 is 0 Å². The van der Waals surface area contributed by atoms with Gasteiger partial charge in [0.15, 0.2) is 17.3 Å². The molecular weight excluding hydrogens is 500 g/mol. The van der Waals surface area contributed by atoms with Crippen molar-refractivity contribution in [2.75, 3.05) is 0 Å². The van der Waals surface area contributed by atoms with E-state index in [4.69, 9.17) is 0 Å². The first kappa shape index (κ1) is 32.2. The molecular formula is C35H44O5. The summed E-state index contributed by atoms with van der Waals surface area (Å²) in [6.45, 7) is 12.3. The summed E-state index contributed by atoms with van der Waals surface area (Å²) in [5.74, 6) is -1.19. The number of phenols is 4. The maximum absolute atomic E-state index is 13.0. The molecule has 0 amide bonds. The summed E-state index contributed by atoms with van der Waals surface area (Å²) in [5, 5.41) is 41.7. The quantitative estimate of drug-likeness (QED) is 0.0874. The summed E-state index contributed by atoms with van der Waals surface area (Å²) in [7, 11) is 0. The normalized spacial score (nSPS) is 12.1. The number of hydrogen-bond donors (Lipinski definition) is 4. The molecule has 40 heavy (non-hydrogen) atoms. The van der Waals surface area contributed by atoms with Gasteiger partial charge in [0.05, 0.1) is 5.56 Å². The topological polar surface area (TPSA) is 98.0 Å². The van der Waals surface area contributed by atoms with Crippen LogP contribution in [-0.4, -0.2) is 26.2 Å². The molecule has 0 spiro atoms. The van der Waals surface area contributed by atoms with Gasteiger partial charge in [-0.2, -0.15) is 0 Å². The number of phenolic OH excluding ortho intramolecular Hbond substituents is 4.